The third-order valence-corrected chi connectivity index (χ3v) is 3.47. The quantitative estimate of drug-likeness (QED) is 0.915. The Kier molecular flexibility index (Phi) is 3.28. The van der Waals surface area contributed by atoms with Crippen LogP contribution in [0.5, 0.6) is 0 Å². The van der Waals surface area contributed by atoms with Crippen LogP contribution in [0.2, 0.25) is 0 Å². The monoisotopic (exact) mass is 278 g/mol. The third-order valence-electron chi connectivity index (χ3n) is 3.47. The number of carbonyl (C=O) groups excluding carboxylic acids is 2. The number of para-hydroxylation sites is 1. The molecule has 0 fully saturated rings. The van der Waals surface area contributed by atoms with Crippen molar-refractivity contribution < 1.29 is 9.59 Å². The normalized spacial score (nSPS) is 13.3. The highest BCUT2D eigenvalue weighted by atomic mass is 16.2. The molecule has 2 N–H and O–H groups in total. The van der Waals surface area contributed by atoms with E-state index in [1.54, 1.807) is 18.3 Å². The second-order valence-electron chi connectivity index (χ2n) is 4.87. The standard InChI is InChI=1S/C17H14N2O2/c18-16(20)14-10-13-8-4-5-9-15(13)19(11-14)17(21)12-6-2-1-3-7-12/h1-9,11H,10H2,(H2,18,20). The molecule has 0 unspecified atom stereocenters. The van der Waals surface area contributed by atoms with Gasteiger partial charge in [-0.1, -0.05) is 36.4 Å². The number of nitrogens with two attached hydrogens (primary N) is 1. The molecule has 4 nitrogen and oxygen atoms in total. The van der Waals surface area contributed by atoms with Gasteiger partial charge in [0, 0.05) is 23.8 Å². The zero-order chi connectivity index (χ0) is 14.8. The molecular weight excluding hydrogens is 264 g/mol. The third kappa shape index (κ3) is 2.43. The number of rotatable bonds is 2. The van der Waals surface area contributed by atoms with Gasteiger partial charge < -0.3 is 5.73 Å². The fourth-order valence-corrected chi connectivity index (χ4v) is 2.41. The minimum absolute atomic E-state index is 0.179. The number of hydrogen-bond acceptors (Lipinski definition) is 2. The Balaban J connectivity index is 2.07. The maximum absolute atomic E-state index is 12.7. The number of carbonyl (C=O) groups is 2. The van der Waals surface area contributed by atoms with Crippen molar-refractivity contribution in [1.82, 2.24) is 0 Å². The molecule has 2 amide bonds. The van der Waals surface area contributed by atoms with Gasteiger partial charge in [0.05, 0.1) is 5.69 Å². The van der Waals surface area contributed by atoms with Crippen LogP contribution in [0.25, 0.3) is 0 Å². The van der Waals surface area contributed by atoms with Gasteiger partial charge in [0.1, 0.15) is 0 Å². The van der Waals surface area contributed by atoms with Crippen molar-refractivity contribution in [1.29, 1.82) is 0 Å². The van der Waals surface area contributed by atoms with E-state index in [4.69, 9.17) is 5.73 Å². The molecule has 2 aromatic rings. The first-order valence-electron chi connectivity index (χ1n) is 6.64. The Hall–Kier alpha value is -2.88. The lowest BCUT2D eigenvalue weighted by molar-refractivity contribution is -0.114. The van der Waals surface area contributed by atoms with Crippen LogP contribution < -0.4 is 10.6 Å². The topological polar surface area (TPSA) is 63.4 Å². The van der Waals surface area contributed by atoms with Gasteiger partial charge in [-0.25, -0.2) is 0 Å². The van der Waals surface area contributed by atoms with Crippen LogP contribution in [0.15, 0.2) is 66.4 Å². The molecule has 0 saturated heterocycles. The zero-order valence-corrected chi connectivity index (χ0v) is 11.3. The van der Waals surface area contributed by atoms with Crippen LogP contribution in [0.3, 0.4) is 0 Å². The number of benzene rings is 2. The summed E-state index contributed by atoms with van der Waals surface area (Å²) in [5.74, 6) is -0.683. The van der Waals surface area contributed by atoms with Crippen LogP contribution >= 0.6 is 0 Å². The Morgan fingerprint density at radius 1 is 0.952 bits per heavy atom. The van der Waals surface area contributed by atoms with Gasteiger partial charge in [0.25, 0.3) is 5.91 Å². The maximum Gasteiger partial charge on any atom is 0.262 e. The van der Waals surface area contributed by atoms with Crippen molar-refractivity contribution in [3.63, 3.8) is 0 Å². The first-order chi connectivity index (χ1) is 10.2. The van der Waals surface area contributed by atoms with E-state index in [1.165, 1.54) is 4.90 Å². The van der Waals surface area contributed by atoms with Gasteiger partial charge in [0.15, 0.2) is 0 Å². The van der Waals surface area contributed by atoms with Crippen LogP contribution in [-0.2, 0) is 11.2 Å². The number of anilines is 1. The van der Waals surface area contributed by atoms with Crippen molar-refractivity contribution in [2.45, 2.75) is 6.42 Å². The molecule has 0 bridgehead atoms. The summed E-state index contributed by atoms with van der Waals surface area (Å²) >= 11 is 0. The molecule has 4 heteroatoms. The molecule has 0 aliphatic carbocycles. The molecule has 3 rings (SSSR count). The van der Waals surface area contributed by atoms with E-state index in [1.807, 2.05) is 42.5 Å². The lowest BCUT2D eigenvalue weighted by Crippen LogP contribution is -2.32. The maximum atomic E-state index is 12.7. The molecule has 104 valence electrons. The summed E-state index contributed by atoms with van der Waals surface area (Å²) in [7, 11) is 0. The van der Waals surface area contributed by atoms with Gasteiger partial charge in [-0.2, -0.15) is 0 Å². The number of fused-ring (bicyclic) bond motifs is 1. The van der Waals surface area contributed by atoms with Crippen molar-refractivity contribution in [3.8, 4) is 0 Å². The van der Waals surface area contributed by atoms with E-state index >= 15 is 0 Å². The molecule has 0 aromatic heterocycles. The first kappa shape index (κ1) is 13.1. The van der Waals surface area contributed by atoms with Crippen molar-refractivity contribution >= 4 is 17.5 Å². The summed E-state index contributed by atoms with van der Waals surface area (Å²) in [5, 5.41) is 0. The van der Waals surface area contributed by atoms with Gasteiger partial charge in [0.2, 0.25) is 5.91 Å². The van der Waals surface area contributed by atoms with Crippen molar-refractivity contribution in [2.75, 3.05) is 4.90 Å². The average molecular weight is 278 g/mol. The number of nitrogens with zero attached hydrogens (tertiary/aromatic N) is 1. The van der Waals surface area contributed by atoms with Gasteiger partial charge in [-0.15, -0.1) is 0 Å². The fraction of sp³-hybridized carbons (Fsp3) is 0.0588. The van der Waals surface area contributed by atoms with Crippen LogP contribution in [-0.4, -0.2) is 11.8 Å². The summed E-state index contributed by atoms with van der Waals surface area (Å²) in [5.41, 5.74) is 8.08. The Bertz CT molecular complexity index is 735. The molecule has 2 aromatic carbocycles. The molecule has 1 aliphatic heterocycles. The van der Waals surface area contributed by atoms with E-state index < -0.39 is 5.91 Å². The second kappa shape index (κ2) is 5.25. The van der Waals surface area contributed by atoms with Gasteiger partial charge in [-0.05, 0) is 23.8 Å². The highest BCUT2D eigenvalue weighted by molar-refractivity contribution is 6.09. The van der Waals surface area contributed by atoms with E-state index in [-0.39, 0.29) is 5.91 Å². The van der Waals surface area contributed by atoms with Gasteiger partial charge >= 0.3 is 0 Å². The summed E-state index contributed by atoms with van der Waals surface area (Å²) in [6.45, 7) is 0. The molecule has 1 heterocycles. The predicted octanol–water partition coefficient (Wildman–Crippen LogP) is 2.26. The minimum Gasteiger partial charge on any atom is -0.366 e. The first-order valence-corrected chi connectivity index (χ1v) is 6.64. The lowest BCUT2D eigenvalue weighted by Gasteiger charge is -2.27. The van der Waals surface area contributed by atoms with E-state index in [0.29, 0.717) is 17.6 Å². The lowest BCUT2D eigenvalue weighted by atomic mass is 9.98. The van der Waals surface area contributed by atoms with Gasteiger partial charge in [-0.3, -0.25) is 14.5 Å². The molecular formula is C17H14N2O2. The summed E-state index contributed by atoms with van der Waals surface area (Å²) < 4.78 is 0. The number of amides is 2. The molecule has 21 heavy (non-hydrogen) atoms. The Morgan fingerprint density at radius 3 is 2.33 bits per heavy atom. The molecule has 0 atom stereocenters. The van der Waals surface area contributed by atoms with E-state index in [9.17, 15) is 9.59 Å². The van der Waals surface area contributed by atoms with E-state index in [0.717, 1.165) is 11.3 Å². The van der Waals surface area contributed by atoms with Crippen molar-refractivity contribution in [3.05, 3.63) is 77.5 Å². The summed E-state index contributed by atoms with van der Waals surface area (Å²) in [4.78, 5) is 25.6. The highest BCUT2D eigenvalue weighted by Crippen LogP contribution is 2.29. The van der Waals surface area contributed by atoms with E-state index in [2.05, 4.69) is 0 Å². The van der Waals surface area contributed by atoms with Crippen LogP contribution in [0.4, 0.5) is 5.69 Å². The second-order valence-corrected chi connectivity index (χ2v) is 4.87. The Morgan fingerprint density at radius 2 is 1.62 bits per heavy atom. The molecule has 1 aliphatic rings. The Labute approximate surface area is 122 Å². The number of hydrogen-bond donors (Lipinski definition) is 1. The smallest absolute Gasteiger partial charge is 0.262 e. The largest absolute Gasteiger partial charge is 0.366 e. The minimum atomic E-state index is -0.504. The molecule has 0 spiro atoms. The molecule has 0 radical (unpaired) electrons. The van der Waals surface area contributed by atoms with Crippen LogP contribution in [0.1, 0.15) is 15.9 Å². The van der Waals surface area contributed by atoms with Crippen LogP contribution in [0, 0.1) is 0 Å². The zero-order valence-electron chi connectivity index (χ0n) is 11.3. The molecule has 0 saturated carbocycles. The fourth-order valence-electron chi connectivity index (χ4n) is 2.41. The summed E-state index contributed by atoms with van der Waals surface area (Å²) in [6.07, 6.45) is 1.99. The predicted molar refractivity (Wildman–Crippen MR) is 80.7 cm³/mol. The van der Waals surface area contributed by atoms with Crippen molar-refractivity contribution in [2.24, 2.45) is 5.73 Å². The highest BCUT2D eigenvalue weighted by Gasteiger charge is 2.24. The average Bonchev–Trinajstić information content (AvgIpc) is 2.54. The summed E-state index contributed by atoms with van der Waals surface area (Å²) in [6, 6.07) is 16.5. The number of primary amides is 1. The SMILES string of the molecule is NC(=O)C1=CN(C(=O)c2ccccc2)c2ccccc2C1.